The van der Waals surface area contributed by atoms with Crippen LogP contribution >= 0.6 is 0 Å². The second-order valence-electron chi connectivity index (χ2n) is 5.04. The molecule has 0 spiro atoms. The summed E-state index contributed by atoms with van der Waals surface area (Å²) >= 11 is 0. The fourth-order valence-corrected chi connectivity index (χ4v) is 2.19. The molecule has 2 rings (SSSR count). The van der Waals surface area contributed by atoms with Crippen molar-refractivity contribution in [1.29, 1.82) is 0 Å². The average molecular weight is 321 g/mol. The molecule has 0 fully saturated rings. The lowest BCUT2D eigenvalue weighted by Crippen LogP contribution is -2.38. The van der Waals surface area contributed by atoms with Crippen LogP contribution in [0.1, 0.15) is 24.9 Å². The van der Waals surface area contributed by atoms with Gasteiger partial charge in [0.1, 0.15) is 12.4 Å². The van der Waals surface area contributed by atoms with Crippen molar-refractivity contribution in [2.45, 2.75) is 26.6 Å². The molecule has 0 atom stereocenters. The quantitative estimate of drug-likeness (QED) is 0.657. The Morgan fingerprint density at radius 1 is 1.35 bits per heavy atom. The summed E-state index contributed by atoms with van der Waals surface area (Å²) in [4.78, 5) is 10.3. The molecule has 2 aromatic rings. The van der Waals surface area contributed by atoms with Gasteiger partial charge in [-0.05, 0) is 12.5 Å². The van der Waals surface area contributed by atoms with Crippen LogP contribution in [-0.4, -0.2) is 34.0 Å². The zero-order valence-electron chi connectivity index (χ0n) is 13.3. The number of nitrogens with one attached hydrogen (secondary N) is 1. The Labute approximate surface area is 134 Å². The second kappa shape index (κ2) is 8.26. The minimum Gasteiger partial charge on any atom is -0.357 e. The number of aliphatic imine (C=N–C) groups is 1. The molecule has 124 valence electrons. The van der Waals surface area contributed by atoms with E-state index in [1.165, 1.54) is 12.4 Å². The van der Waals surface area contributed by atoms with Gasteiger partial charge in [-0.1, -0.05) is 30.3 Å². The third-order valence-corrected chi connectivity index (χ3v) is 3.29. The first-order valence-corrected chi connectivity index (χ1v) is 7.45. The van der Waals surface area contributed by atoms with Crippen molar-refractivity contribution < 1.29 is 8.78 Å². The van der Waals surface area contributed by atoms with Crippen LogP contribution in [0.3, 0.4) is 0 Å². The molecule has 1 heterocycles. The Morgan fingerprint density at radius 3 is 2.74 bits per heavy atom. The highest BCUT2D eigenvalue weighted by Crippen LogP contribution is 2.13. The molecule has 0 amide bonds. The molecule has 0 aliphatic heterocycles. The number of alkyl halides is 2. The number of rotatable bonds is 6. The molecule has 0 bridgehead atoms. The van der Waals surface area contributed by atoms with E-state index in [2.05, 4.69) is 15.3 Å². The van der Waals surface area contributed by atoms with Gasteiger partial charge in [0.15, 0.2) is 5.96 Å². The van der Waals surface area contributed by atoms with Crippen molar-refractivity contribution in [3.05, 3.63) is 54.1 Å². The fraction of sp³-hybridized carbons (Fsp3) is 0.375. The number of halogens is 2. The van der Waals surface area contributed by atoms with E-state index in [4.69, 9.17) is 0 Å². The molecule has 7 heteroatoms. The number of aromatic nitrogens is 2. The number of guanidine groups is 1. The highest BCUT2D eigenvalue weighted by molar-refractivity contribution is 5.79. The number of nitrogens with zero attached hydrogens (tertiary/aromatic N) is 4. The predicted molar refractivity (Wildman–Crippen MR) is 86.2 cm³/mol. The minimum absolute atomic E-state index is 0.0960. The van der Waals surface area contributed by atoms with Gasteiger partial charge in [0.05, 0.1) is 0 Å². The zero-order valence-corrected chi connectivity index (χ0v) is 13.3. The van der Waals surface area contributed by atoms with E-state index in [-0.39, 0.29) is 12.4 Å². The van der Waals surface area contributed by atoms with Crippen molar-refractivity contribution in [2.24, 2.45) is 4.99 Å². The number of benzene rings is 1. The van der Waals surface area contributed by atoms with E-state index in [1.807, 2.05) is 49.2 Å². The highest BCUT2D eigenvalue weighted by Gasteiger charge is 2.12. The highest BCUT2D eigenvalue weighted by atomic mass is 19.3. The molecular weight excluding hydrogens is 300 g/mol. The molecule has 1 N–H and O–H groups in total. The lowest BCUT2D eigenvalue weighted by molar-refractivity contribution is 0.0671. The van der Waals surface area contributed by atoms with E-state index in [1.54, 1.807) is 0 Å². The van der Waals surface area contributed by atoms with Crippen LogP contribution in [0.5, 0.6) is 0 Å². The average Bonchev–Trinajstić information content (AvgIpc) is 3.01. The summed E-state index contributed by atoms with van der Waals surface area (Å²) in [6.07, 6.45) is 2.62. The van der Waals surface area contributed by atoms with Crippen LogP contribution < -0.4 is 5.32 Å². The molecule has 23 heavy (non-hydrogen) atoms. The first kappa shape index (κ1) is 16.9. The van der Waals surface area contributed by atoms with Gasteiger partial charge < -0.3 is 10.2 Å². The van der Waals surface area contributed by atoms with Crippen LogP contribution in [0, 0.1) is 0 Å². The van der Waals surface area contributed by atoms with Gasteiger partial charge in [0.25, 0.3) is 0 Å². The zero-order chi connectivity index (χ0) is 16.7. The van der Waals surface area contributed by atoms with E-state index >= 15 is 0 Å². The summed E-state index contributed by atoms with van der Waals surface area (Å²) in [6, 6.07) is 9.99. The summed E-state index contributed by atoms with van der Waals surface area (Å²) in [5.74, 6) is 0.892. The minimum atomic E-state index is -2.60. The Bertz CT molecular complexity index is 624. The van der Waals surface area contributed by atoms with E-state index in [0.717, 1.165) is 10.1 Å². The lowest BCUT2D eigenvalue weighted by Gasteiger charge is -2.22. The standard InChI is InChI=1S/C16H21F2N5/c1-3-19-16(22(2)12-13-7-5-4-6-8-13)21-11-14-20-9-10-23(14)15(17)18/h4-10,15H,3,11-12H2,1-2H3,(H,19,21). The van der Waals surface area contributed by atoms with Crippen molar-refractivity contribution in [3.8, 4) is 0 Å². The van der Waals surface area contributed by atoms with Gasteiger partial charge in [-0.2, -0.15) is 8.78 Å². The van der Waals surface area contributed by atoms with Gasteiger partial charge in [-0.15, -0.1) is 0 Å². The van der Waals surface area contributed by atoms with Gasteiger partial charge >= 0.3 is 6.55 Å². The summed E-state index contributed by atoms with van der Waals surface area (Å²) in [5.41, 5.74) is 1.15. The summed E-state index contributed by atoms with van der Waals surface area (Å²) in [6.45, 7) is 0.828. The maximum atomic E-state index is 12.8. The normalized spacial score (nSPS) is 11.8. The van der Waals surface area contributed by atoms with Crippen molar-refractivity contribution >= 4 is 5.96 Å². The first-order valence-electron chi connectivity index (χ1n) is 7.45. The van der Waals surface area contributed by atoms with Gasteiger partial charge in [0.2, 0.25) is 0 Å². The van der Waals surface area contributed by atoms with E-state index < -0.39 is 6.55 Å². The van der Waals surface area contributed by atoms with Crippen molar-refractivity contribution in [3.63, 3.8) is 0 Å². The fourth-order valence-electron chi connectivity index (χ4n) is 2.19. The van der Waals surface area contributed by atoms with E-state index in [0.29, 0.717) is 19.0 Å². The van der Waals surface area contributed by atoms with Crippen LogP contribution in [0.25, 0.3) is 0 Å². The molecule has 0 aliphatic carbocycles. The Morgan fingerprint density at radius 2 is 2.09 bits per heavy atom. The molecule has 0 saturated carbocycles. The van der Waals surface area contributed by atoms with E-state index in [9.17, 15) is 8.78 Å². The van der Waals surface area contributed by atoms with Crippen LogP contribution in [-0.2, 0) is 13.1 Å². The topological polar surface area (TPSA) is 45.5 Å². The van der Waals surface area contributed by atoms with Crippen LogP contribution in [0.15, 0.2) is 47.7 Å². The third-order valence-electron chi connectivity index (χ3n) is 3.29. The lowest BCUT2D eigenvalue weighted by atomic mass is 10.2. The number of imidazole rings is 1. The smallest absolute Gasteiger partial charge is 0.319 e. The molecule has 0 radical (unpaired) electrons. The van der Waals surface area contributed by atoms with Gasteiger partial charge in [-0.25, -0.2) is 9.98 Å². The van der Waals surface area contributed by atoms with Gasteiger partial charge in [-0.3, -0.25) is 4.57 Å². The van der Waals surface area contributed by atoms with Crippen LogP contribution in [0.2, 0.25) is 0 Å². The second-order valence-corrected chi connectivity index (χ2v) is 5.04. The Hall–Kier alpha value is -2.44. The summed E-state index contributed by atoms with van der Waals surface area (Å²) < 4.78 is 26.5. The maximum absolute atomic E-state index is 12.8. The summed E-state index contributed by atoms with van der Waals surface area (Å²) in [5, 5.41) is 3.17. The number of hydrogen-bond donors (Lipinski definition) is 1. The van der Waals surface area contributed by atoms with Crippen molar-refractivity contribution in [2.75, 3.05) is 13.6 Å². The molecule has 0 saturated heterocycles. The summed E-state index contributed by atoms with van der Waals surface area (Å²) in [7, 11) is 1.91. The maximum Gasteiger partial charge on any atom is 0.319 e. The molecule has 1 aromatic heterocycles. The van der Waals surface area contributed by atoms with Gasteiger partial charge in [0, 0.05) is 32.5 Å². The van der Waals surface area contributed by atoms with Crippen molar-refractivity contribution in [1.82, 2.24) is 19.8 Å². The predicted octanol–water partition coefficient (Wildman–Crippen LogP) is 2.88. The Kier molecular flexibility index (Phi) is 6.08. The first-order chi connectivity index (χ1) is 11.1. The Balaban J connectivity index is 2.08. The molecule has 5 nitrogen and oxygen atoms in total. The number of hydrogen-bond acceptors (Lipinski definition) is 2. The SMILES string of the molecule is CCNC(=NCc1nccn1C(F)F)N(C)Cc1ccccc1. The molecular formula is C16H21F2N5. The third kappa shape index (κ3) is 4.77. The monoisotopic (exact) mass is 321 g/mol. The molecule has 0 unspecified atom stereocenters. The molecule has 1 aromatic carbocycles. The van der Waals surface area contributed by atoms with Crippen LogP contribution in [0.4, 0.5) is 8.78 Å². The molecule has 0 aliphatic rings. The largest absolute Gasteiger partial charge is 0.357 e.